The van der Waals surface area contributed by atoms with Crippen LogP contribution in [0.15, 0.2) is 24.3 Å². The zero-order valence-electron chi connectivity index (χ0n) is 13.8. The summed E-state index contributed by atoms with van der Waals surface area (Å²) in [5.41, 5.74) is 1.78. The summed E-state index contributed by atoms with van der Waals surface area (Å²) in [6.45, 7) is 2.45. The van der Waals surface area contributed by atoms with Crippen LogP contribution in [0.1, 0.15) is 37.7 Å². The van der Waals surface area contributed by atoms with Crippen molar-refractivity contribution in [2.45, 2.75) is 57.2 Å². The first-order chi connectivity index (χ1) is 11.7. The second kappa shape index (κ2) is 6.70. The standard InChI is InChI=1S/C18H24N2O4/c21-18(22)20-14-7-2-1-6-13(14)12-19-10-5-8-15(19)17(20)24-16-9-3-4-11-23-16/h1-2,6-7,15-17H,3-5,8-12H2,(H,21,22). The number of para-hydroxylation sites is 1. The van der Waals surface area contributed by atoms with Crippen LogP contribution in [0.2, 0.25) is 0 Å². The predicted molar refractivity (Wildman–Crippen MR) is 88.8 cm³/mol. The lowest BCUT2D eigenvalue weighted by molar-refractivity contribution is -0.196. The van der Waals surface area contributed by atoms with Gasteiger partial charge in [0.2, 0.25) is 0 Å². The highest BCUT2D eigenvalue weighted by Gasteiger charge is 2.43. The molecule has 0 spiro atoms. The Morgan fingerprint density at radius 3 is 2.88 bits per heavy atom. The minimum atomic E-state index is -0.961. The molecule has 0 radical (unpaired) electrons. The van der Waals surface area contributed by atoms with Crippen LogP contribution in [-0.2, 0) is 16.0 Å². The largest absolute Gasteiger partial charge is 0.465 e. The van der Waals surface area contributed by atoms with Crippen molar-refractivity contribution in [3.05, 3.63) is 29.8 Å². The van der Waals surface area contributed by atoms with Crippen LogP contribution in [0.3, 0.4) is 0 Å². The summed E-state index contributed by atoms with van der Waals surface area (Å²) < 4.78 is 12.0. The maximum Gasteiger partial charge on any atom is 0.414 e. The average molecular weight is 332 g/mol. The van der Waals surface area contributed by atoms with Crippen molar-refractivity contribution in [3.8, 4) is 0 Å². The number of carbonyl (C=O) groups is 1. The Morgan fingerprint density at radius 1 is 1.21 bits per heavy atom. The van der Waals surface area contributed by atoms with Gasteiger partial charge >= 0.3 is 6.09 Å². The number of hydrogen-bond donors (Lipinski definition) is 1. The third-order valence-electron chi connectivity index (χ3n) is 5.26. The van der Waals surface area contributed by atoms with Gasteiger partial charge in [-0.15, -0.1) is 0 Å². The van der Waals surface area contributed by atoms with E-state index in [1.54, 1.807) is 0 Å². The summed E-state index contributed by atoms with van der Waals surface area (Å²) in [7, 11) is 0. The predicted octanol–water partition coefficient (Wildman–Crippen LogP) is 3.02. The molecule has 130 valence electrons. The second-order valence-corrected chi connectivity index (χ2v) is 6.78. The smallest absolute Gasteiger partial charge is 0.414 e. The van der Waals surface area contributed by atoms with E-state index < -0.39 is 12.3 Å². The van der Waals surface area contributed by atoms with Crippen LogP contribution in [0.25, 0.3) is 0 Å². The number of rotatable bonds is 2. The van der Waals surface area contributed by atoms with E-state index in [1.165, 1.54) is 4.90 Å². The van der Waals surface area contributed by atoms with Gasteiger partial charge in [0.15, 0.2) is 12.5 Å². The lowest BCUT2D eigenvalue weighted by Crippen LogP contribution is -2.53. The van der Waals surface area contributed by atoms with Crippen LogP contribution >= 0.6 is 0 Å². The Kier molecular flexibility index (Phi) is 4.43. The minimum absolute atomic E-state index is 0.0824. The lowest BCUT2D eigenvalue weighted by Gasteiger charge is -2.37. The summed E-state index contributed by atoms with van der Waals surface area (Å²) in [6, 6.07) is 7.83. The highest BCUT2D eigenvalue weighted by Crippen LogP contribution is 2.36. The van der Waals surface area contributed by atoms with Gasteiger partial charge in [-0.1, -0.05) is 18.2 Å². The molecule has 1 N–H and O–H groups in total. The highest BCUT2D eigenvalue weighted by atomic mass is 16.7. The molecule has 0 bridgehead atoms. The van der Waals surface area contributed by atoms with Crippen LogP contribution in [0.5, 0.6) is 0 Å². The second-order valence-electron chi connectivity index (χ2n) is 6.78. The number of hydrogen-bond acceptors (Lipinski definition) is 4. The molecule has 0 saturated carbocycles. The maximum atomic E-state index is 12.1. The Labute approximate surface area is 141 Å². The summed E-state index contributed by atoms with van der Waals surface area (Å²) in [6.07, 6.45) is 3.19. The van der Waals surface area contributed by atoms with Crippen molar-refractivity contribution >= 4 is 11.8 Å². The molecule has 4 rings (SSSR count). The molecule has 3 unspecified atom stereocenters. The number of fused-ring (bicyclic) bond motifs is 2. The summed E-state index contributed by atoms with van der Waals surface area (Å²) >= 11 is 0. The fourth-order valence-electron chi connectivity index (χ4n) is 4.12. The molecular formula is C18H24N2O4. The normalized spacial score (nSPS) is 30.5. The third kappa shape index (κ3) is 2.90. The molecule has 0 aliphatic carbocycles. The zero-order chi connectivity index (χ0) is 16.5. The Bertz CT molecular complexity index is 602. The molecule has 1 aromatic rings. The SMILES string of the molecule is O=C(O)N1c2ccccc2CN2CCCC2C1OC1CCCCO1. The molecule has 1 amide bonds. The number of anilines is 1. The van der Waals surface area contributed by atoms with Crippen LogP contribution in [-0.4, -0.2) is 47.8 Å². The van der Waals surface area contributed by atoms with E-state index in [0.29, 0.717) is 6.61 Å². The van der Waals surface area contributed by atoms with Gasteiger partial charge in [-0.2, -0.15) is 0 Å². The maximum absolute atomic E-state index is 12.1. The van der Waals surface area contributed by atoms with Gasteiger partial charge in [0.25, 0.3) is 0 Å². The molecule has 2 fully saturated rings. The van der Waals surface area contributed by atoms with Crippen molar-refractivity contribution < 1.29 is 19.4 Å². The molecule has 3 aliphatic heterocycles. The Balaban J connectivity index is 1.70. The van der Waals surface area contributed by atoms with E-state index in [-0.39, 0.29) is 12.3 Å². The van der Waals surface area contributed by atoms with Gasteiger partial charge in [-0.3, -0.25) is 4.90 Å². The lowest BCUT2D eigenvalue weighted by atomic mass is 10.1. The highest BCUT2D eigenvalue weighted by molar-refractivity contribution is 5.88. The fraction of sp³-hybridized carbons (Fsp3) is 0.611. The molecule has 1 aromatic carbocycles. The first kappa shape index (κ1) is 15.9. The van der Waals surface area contributed by atoms with Gasteiger partial charge in [-0.25, -0.2) is 9.69 Å². The van der Waals surface area contributed by atoms with Crippen molar-refractivity contribution in [2.24, 2.45) is 0 Å². The zero-order valence-corrected chi connectivity index (χ0v) is 13.8. The summed E-state index contributed by atoms with van der Waals surface area (Å²) in [4.78, 5) is 15.9. The molecule has 6 heteroatoms. The van der Waals surface area contributed by atoms with E-state index in [0.717, 1.165) is 56.4 Å². The molecular weight excluding hydrogens is 308 g/mol. The van der Waals surface area contributed by atoms with Gasteiger partial charge in [0.05, 0.1) is 11.7 Å². The van der Waals surface area contributed by atoms with E-state index in [2.05, 4.69) is 4.90 Å². The van der Waals surface area contributed by atoms with Crippen LogP contribution < -0.4 is 4.90 Å². The van der Waals surface area contributed by atoms with E-state index in [9.17, 15) is 9.90 Å². The van der Waals surface area contributed by atoms with Crippen molar-refractivity contribution in [2.75, 3.05) is 18.1 Å². The summed E-state index contributed by atoms with van der Waals surface area (Å²) in [5.74, 6) is 0. The van der Waals surface area contributed by atoms with Gasteiger partial charge in [-0.05, 0) is 50.3 Å². The Hall–Kier alpha value is -1.63. The van der Waals surface area contributed by atoms with Gasteiger partial charge < -0.3 is 14.6 Å². The molecule has 3 heterocycles. The average Bonchev–Trinajstić information content (AvgIpc) is 3.00. The number of benzene rings is 1. The monoisotopic (exact) mass is 332 g/mol. The molecule has 3 atom stereocenters. The minimum Gasteiger partial charge on any atom is -0.465 e. The van der Waals surface area contributed by atoms with E-state index >= 15 is 0 Å². The molecule has 2 saturated heterocycles. The Morgan fingerprint density at radius 2 is 2.08 bits per heavy atom. The van der Waals surface area contributed by atoms with Gasteiger partial charge in [0.1, 0.15) is 0 Å². The van der Waals surface area contributed by atoms with E-state index in [1.807, 2.05) is 24.3 Å². The fourth-order valence-corrected chi connectivity index (χ4v) is 4.12. The number of ether oxygens (including phenoxy) is 2. The summed E-state index contributed by atoms with van der Waals surface area (Å²) in [5, 5.41) is 9.92. The molecule has 0 aromatic heterocycles. The van der Waals surface area contributed by atoms with Crippen LogP contribution in [0.4, 0.5) is 10.5 Å². The van der Waals surface area contributed by atoms with Crippen molar-refractivity contribution in [3.63, 3.8) is 0 Å². The molecule has 24 heavy (non-hydrogen) atoms. The first-order valence-electron chi connectivity index (χ1n) is 8.85. The van der Waals surface area contributed by atoms with E-state index in [4.69, 9.17) is 9.47 Å². The van der Waals surface area contributed by atoms with Crippen molar-refractivity contribution in [1.29, 1.82) is 0 Å². The molecule has 6 nitrogen and oxygen atoms in total. The molecule has 3 aliphatic rings. The quantitative estimate of drug-likeness (QED) is 0.902. The third-order valence-corrected chi connectivity index (χ3v) is 5.26. The topological polar surface area (TPSA) is 62.2 Å². The van der Waals surface area contributed by atoms with Gasteiger partial charge in [0, 0.05) is 13.2 Å². The van der Waals surface area contributed by atoms with Crippen LogP contribution in [0, 0.1) is 0 Å². The van der Waals surface area contributed by atoms with Crippen molar-refractivity contribution in [1.82, 2.24) is 4.90 Å². The number of carboxylic acid groups (broad SMARTS) is 1. The number of nitrogens with zero attached hydrogens (tertiary/aromatic N) is 2. The first-order valence-corrected chi connectivity index (χ1v) is 8.85. The number of amides is 1.